The molecule has 0 saturated carbocycles. The van der Waals surface area contributed by atoms with E-state index < -0.39 is 11.9 Å². The van der Waals surface area contributed by atoms with Crippen LogP contribution in [0.3, 0.4) is 0 Å². The molecule has 0 spiro atoms. The van der Waals surface area contributed by atoms with Crippen LogP contribution in [-0.2, 0) is 18.9 Å². The molecule has 1 aromatic carbocycles. The summed E-state index contributed by atoms with van der Waals surface area (Å²) in [4.78, 5) is 29.7. The van der Waals surface area contributed by atoms with E-state index in [9.17, 15) is 9.59 Å². The number of aliphatic imine (C=N–C) groups is 1. The number of hydrogen-bond acceptors (Lipinski definition) is 10. The van der Waals surface area contributed by atoms with E-state index in [4.69, 9.17) is 28.4 Å². The SMILES string of the molecule is CCOC(=O)c1sc(/N=C/c2ccc3c(c2)OCCOCCOCCO3)c(C(=O)OCC)c1C. The normalized spacial score (nSPS) is 14.8. The van der Waals surface area contributed by atoms with Crippen LogP contribution in [0.5, 0.6) is 11.5 Å². The maximum atomic E-state index is 12.6. The summed E-state index contributed by atoms with van der Waals surface area (Å²) in [5, 5.41) is 0.370. The molecule has 0 saturated heterocycles. The molecule has 1 aliphatic rings. The highest BCUT2D eigenvalue weighted by Gasteiger charge is 2.26. The van der Waals surface area contributed by atoms with Gasteiger partial charge in [0.2, 0.25) is 0 Å². The second kappa shape index (κ2) is 13.1. The Morgan fingerprint density at radius 3 is 2.24 bits per heavy atom. The zero-order chi connectivity index (χ0) is 24.3. The molecule has 0 unspecified atom stereocenters. The van der Waals surface area contributed by atoms with Crippen LogP contribution in [0.15, 0.2) is 23.2 Å². The second-order valence-corrected chi connectivity index (χ2v) is 8.06. The van der Waals surface area contributed by atoms with Crippen molar-refractivity contribution in [2.75, 3.05) is 52.9 Å². The molecule has 0 radical (unpaired) electrons. The Hall–Kier alpha value is -2.95. The van der Waals surface area contributed by atoms with Gasteiger partial charge in [0.05, 0.1) is 39.6 Å². The average molecular weight is 492 g/mol. The van der Waals surface area contributed by atoms with Crippen molar-refractivity contribution in [3.8, 4) is 11.5 Å². The zero-order valence-electron chi connectivity index (χ0n) is 19.6. The van der Waals surface area contributed by atoms with Crippen molar-refractivity contribution in [2.45, 2.75) is 20.8 Å². The van der Waals surface area contributed by atoms with Crippen molar-refractivity contribution in [1.29, 1.82) is 0 Å². The molecular weight excluding hydrogens is 462 g/mol. The fourth-order valence-electron chi connectivity index (χ4n) is 3.14. The van der Waals surface area contributed by atoms with Crippen molar-refractivity contribution in [3.05, 3.63) is 39.8 Å². The lowest BCUT2D eigenvalue weighted by Crippen LogP contribution is -2.15. The number of carbonyl (C=O) groups excluding carboxylic acids is 2. The third-order valence-electron chi connectivity index (χ3n) is 4.71. The van der Waals surface area contributed by atoms with Gasteiger partial charge in [-0.1, -0.05) is 0 Å². The Bertz CT molecular complexity index is 1020. The molecule has 2 aromatic rings. The number of ether oxygens (including phenoxy) is 6. The number of fused-ring (bicyclic) bond motifs is 1. The van der Waals surface area contributed by atoms with Gasteiger partial charge in [-0.2, -0.15) is 0 Å². The molecule has 0 N–H and O–H groups in total. The maximum Gasteiger partial charge on any atom is 0.348 e. The van der Waals surface area contributed by atoms with Crippen molar-refractivity contribution in [3.63, 3.8) is 0 Å². The number of rotatable bonds is 6. The summed E-state index contributed by atoms with van der Waals surface area (Å²) in [5.74, 6) is 0.113. The van der Waals surface area contributed by atoms with Crippen LogP contribution < -0.4 is 9.47 Å². The maximum absolute atomic E-state index is 12.6. The van der Waals surface area contributed by atoms with Gasteiger partial charge in [0.25, 0.3) is 0 Å². The summed E-state index contributed by atoms with van der Waals surface area (Å²) in [6.45, 7) is 8.21. The molecule has 9 nitrogen and oxygen atoms in total. The highest BCUT2D eigenvalue weighted by atomic mass is 32.1. The molecule has 10 heteroatoms. The lowest BCUT2D eigenvalue weighted by atomic mass is 10.1. The van der Waals surface area contributed by atoms with E-state index in [1.54, 1.807) is 39.1 Å². The standard InChI is InChI=1S/C24H29NO8S/c1-4-30-23(26)20-16(3)21(24(27)31-5-2)34-22(20)25-15-17-6-7-18-19(14-17)33-13-11-29-9-8-28-10-12-32-18/h6-7,14-15H,4-5,8-13H2,1-3H3/b25-15+. The van der Waals surface area contributed by atoms with Crippen molar-refractivity contribution in [1.82, 2.24) is 0 Å². The monoisotopic (exact) mass is 491 g/mol. The topological polar surface area (TPSA) is 102 Å². The van der Waals surface area contributed by atoms with Crippen molar-refractivity contribution < 1.29 is 38.0 Å². The number of thiophene rings is 1. The molecular formula is C24H29NO8S. The number of hydrogen-bond donors (Lipinski definition) is 0. The summed E-state index contributed by atoms with van der Waals surface area (Å²) in [6, 6.07) is 5.41. The molecule has 0 aliphatic carbocycles. The lowest BCUT2D eigenvalue weighted by Gasteiger charge is -2.15. The first-order valence-electron chi connectivity index (χ1n) is 11.1. The molecule has 0 bridgehead atoms. The summed E-state index contributed by atoms with van der Waals surface area (Å²) in [7, 11) is 0. The Labute approximate surface area is 202 Å². The molecule has 0 atom stereocenters. The quantitative estimate of drug-likeness (QED) is 0.442. The first kappa shape index (κ1) is 25.7. The van der Waals surface area contributed by atoms with E-state index in [1.165, 1.54) is 0 Å². The Morgan fingerprint density at radius 1 is 0.941 bits per heavy atom. The molecule has 0 amide bonds. The van der Waals surface area contributed by atoms with E-state index in [1.807, 2.05) is 6.07 Å². The number of esters is 2. The highest BCUT2D eigenvalue weighted by molar-refractivity contribution is 7.18. The molecule has 1 aliphatic heterocycles. The van der Waals surface area contributed by atoms with Crippen LogP contribution in [0.1, 0.15) is 45.0 Å². The predicted molar refractivity (Wildman–Crippen MR) is 127 cm³/mol. The van der Waals surface area contributed by atoms with Gasteiger partial charge in [0.1, 0.15) is 28.7 Å². The van der Waals surface area contributed by atoms with E-state index in [-0.39, 0.29) is 18.8 Å². The van der Waals surface area contributed by atoms with Gasteiger partial charge in [-0.15, -0.1) is 11.3 Å². The van der Waals surface area contributed by atoms with Crippen LogP contribution in [0.4, 0.5) is 5.00 Å². The van der Waals surface area contributed by atoms with Crippen molar-refractivity contribution >= 4 is 34.5 Å². The molecule has 34 heavy (non-hydrogen) atoms. The largest absolute Gasteiger partial charge is 0.487 e. The van der Waals surface area contributed by atoms with Crippen LogP contribution in [-0.4, -0.2) is 71.0 Å². The molecule has 3 rings (SSSR count). The Kier molecular flexibility index (Phi) is 9.87. The van der Waals surface area contributed by atoms with Gasteiger partial charge in [-0.25, -0.2) is 14.6 Å². The first-order valence-corrected chi connectivity index (χ1v) is 11.9. The second-order valence-electron chi connectivity index (χ2n) is 7.06. The fourth-order valence-corrected chi connectivity index (χ4v) is 4.17. The van der Waals surface area contributed by atoms with Gasteiger partial charge in [-0.05, 0) is 50.1 Å². The van der Waals surface area contributed by atoms with Gasteiger partial charge in [0.15, 0.2) is 11.5 Å². The number of nitrogens with zero attached hydrogens (tertiary/aromatic N) is 1. The van der Waals surface area contributed by atoms with Crippen LogP contribution >= 0.6 is 11.3 Å². The minimum absolute atomic E-state index is 0.211. The van der Waals surface area contributed by atoms with Crippen LogP contribution in [0, 0.1) is 6.92 Å². The third kappa shape index (κ3) is 6.78. The molecule has 184 valence electrons. The van der Waals surface area contributed by atoms with E-state index in [0.29, 0.717) is 66.6 Å². The van der Waals surface area contributed by atoms with Gasteiger partial charge >= 0.3 is 11.9 Å². The Balaban J connectivity index is 1.88. The number of carbonyl (C=O) groups is 2. The fraction of sp³-hybridized carbons (Fsp3) is 0.458. The van der Waals surface area contributed by atoms with Crippen LogP contribution in [0.25, 0.3) is 0 Å². The van der Waals surface area contributed by atoms with Gasteiger partial charge in [-0.3, -0.25) is 0 Å². The van der Waals surface area contributed by atoms with Crippen LogP contribution in [0.2, 0.25) is 0 Å². The minimum atomic E-state index is -0.532. The summed E-state index contributed by atoms with van der Waals surface area (Å²) in [6.07, 6.45) is 1.60. The van der Waals surface area contributed by atoms with E-state index >= 15 is 0 Å². The van der Waals surface area contributed by atoms with Gasteiger partial charge in [0, 0.05) is 6.21 Å². The summed E-state index contributed by atoms with van der Waals surface area (Å²) in [5.41, 5.74) is 1.48. The Morgan fingerprint density at radius 2 is 1.56 bits per heavy atom. The van der Waals surface area contributed by atoms with E-state index in [0.717, 1.165) is 16.9 Å². The average Bonchev–Trinajstić information content (AvgIpc) is 3.15. The lowest BCUT2D eigenvalue weighted by molar-refractivity contribution is 0.0223. The summed E-state index contributed by atoms with van der Waals surface area (Å²) < 4.78 is 32.8. The van der Waals surface area contributed by atoms with E-state index in [2.05, 4.69) is 4.99 Å². The summed E-state index contributed by atoms with van der Waals surface area (Å²) >= 11 is 1.09. The first-order chi connectivity index (χ1) is 16.5. The minimum Gasteiger partial charge on any atom is -0.487 e. The molecule has 0 fully saturated rings. The predicted octanol–water partition coefficient (Wildman–Crippen LogP) is 3.96. The molecule has 1 aromatic heterocycles. The zero-order valence-corrected chi connectivity index (χ0v) is 20.4. The third-order valence-corrected chi connectivity index (χ3v) is 5.89. The van der Waals surface area contributed by atoms with Gasteiger partial charge < -0.3 is 28.4 Å². The molecule has 2 heterocycles. The number of benzene rings is 1. The smallest absolute Gasteiger partial charge is 0.348 e. The van der Waals surface area contributed by atoms with Crippen molar-refractivity contribution in [2.24, 2.45) is 4.99 Å². The highest BCUT2D eigenvalue weighted by Crippen LogP contribution is 2.37.